The van der Waals surface area contributed by atoms with Crippen molar-refractivity contribution in [1.29, 1.82) is 0 Å². The van der Waals surface area contributed by atoms with Crippen molar-refractivity contribution < 1.29 is 0 Å². The van der Waals surface area contributed by atoms with Gasteiger partial charge >= 0.3 is 0 Å². The first-order chi connectivity index (χ1) is 9.85. The molecule has 0 aliphatic carbocycles. The van der Waals surface area contributed by atoms with Gasteiger partial charge in [-0.25, -0.2) is 0 Å². The number of likely N-dealkylation sites (tertiary alicyclic amines) is 1. The SMILES string of the molecule is CC(C)NCc1ccc(CN2CCC(C)(C)CC2)c(Br)c1. The van der Waals surface area contributed by atoms with E-state index in [1.165, 1.54) is 41.5 Å². The molecule has 0 saturated carbocycles. The maximum absolute atomic E-state index is 3.75. The number of halogens is 1. The summed E-state index contributed by atoms with van der Waals surface area (Å²) in [7, 11) is 0. The molecular formula is C18H29BrN2. The van der Waals surface area contributed by atoms with Gasteiger partial charge in [0, 0.05) is 23.6 Å². The zero-order valence-corrected chi connectivity index (χ0v) is 15.5. The highest BCUT2D eigenvalue weighted by atomic mass is 79.9. The summed E-state index contributed by atoms with van der Waals surface area (Å²) in [5, 5.41) is 3.47. The highest BCUT2D eigenvalue weighted by Gasteiger charge is 2.25. The number of hydrogen-bond acceptors (Lipinski definition) is 2. The summed E-state index contributed by atoms with van der Waals surface area (Å²) in [6.45, 7) is 13.6. The molecule has 1 aliphatic rings. The van der Waals surface area contributed by atoms with E-state index in [2.05, 4.69) is 72.0 Å². The number of nitrogens with zero attached hydrogens (tertiary/aromatic N) is 1. The molecule has 118 valence electrons. The van der Waals surface area contributed by atoms with Crippen LogP contribution < -0.4 is 5.32 Å². The average molecular weight is 353 g/mol. The molecule has 2 rings (SSSR count). The summed E-state index contributed by atoms with van der Waals surface area (Å²) < 4.78 is 1.25. The zero-order chi connectivity index (χ0) is 15.5. The van der Waals surface area contributed by atoms with Gasteiger partial charge in [0.05, 0.1) is 0 Å². The Bertz CT molecular complexity index is 458. The van der Waals surface area contributed by atoms with Crippen LogP contribution in [0.2, 0.25) is 0 Å². The molecule has 1 N–H and O–H groups in total. The molecule has 1 saturated heterocycles. The van der Waals surface area contributed by atoms with Gasteiger partial charge in [-0.1, -0.05) is 55.8 Å². The minimum atomic E-state index is 0.528. The van der Waals surface area contributed by atoms with Gasteiger partial charge in [-0.05, 0) is 48.5 Å². The fraction of sp³-hybridized carbons (Fsp3) is 0.667. The summed E-state index contributed by atoms with van der Waals surface area (Å²) in [5.74, 6) is 0. The van der Waals surface area contributed by atoms with Gasteiger partial charge in [0.25, 0.3) is 0 Å². The van der Waals surface area contributed by atoms with Crippen LogP contribution in [0, 0.1) is 5.41 Å². The fourth-order valence-corrected chi connectivity index (χ4v) is 3.26. The van der Waals surface area contributed by atoms with Crippen molar-refractivity contribution in [3.63, 3.8) is 0 Å². The Morgan fingerprint density at radius 2 is 1.90 bits per heavy atom. The Morgan fingerprint density at radius 1 is 1.24 bits per heavy atom. The van der Waals surface area contributed by atoms with Crippen LogP contribution in [0.15, 0.2) is 22.7 Å². The lowest BCUT2D eigenvalue weighted by Crippen LogP contribution is -2.36. The van der Waals surface area contributed by atoms with Crippen LogP contribution in [0.3, 0.4) is 0 Å². The van der Waals surface area contributed by atoms with Crippen LogP contribution in [-0.4, -0.2) is 24.0 Å². The lowest BCUT2D eigenvalue weighted by Gasteiger charge is -2.37. The van der Waals surface area contributed by atoms with Gasteiger partial charge in [-0.15, -0.1) is 0 Å². The molecule has 1 heterocycles. The molecule has 0 unspecified atom stereocenters. The van der Waals surface area contributed by atoms with Crippen molar-refractivity contribution >= 4 is 15.9 Å². The van der Waals surface area contributed by atoms with Gasteiger partial charge in [0.15, 0.2) is 0 Å². The Morgan fingerprint density at radius 3 is 2.48 bits per heavy atom. The third-order valence-electron chi connectivity index (χ3n) is 4.44. The Balaban J connectivity index is 1.92. The predicted octanol–water partition coefficient (Wildman–Crippen LogP) is 4.57. The molecule has 1 aromatic rings. The van der Waals surface area contributed by atoms with Crippen LogP contribution in [0.4, 0.5) is 0 Å². The second kappa shape index (κ2) is 7.26. The van der Waals surface area contributed by atoms with E-state index in [-0.39, 0.29) is 0 Å². The second-order valence-corrected chi connectivity index (χ2v) is 8.26. The molecule has 0 aromatic heterocycles. The van der Waals surface area contributed by atoms with Crippen molar-refractivity contribution in [3.8, 4) is 0 Å². The van der Waals surface area contributed by atoms with Crippen molar-refractivity contribution in [2.75, 3.05) is 13.1 Å². The number of nitrogens with one attached hydrogen (secondary N) is 1. The first-order valence-corrected chi connectivity index (χ1v) is 8.88. The molecule has 1 aliphatic heterocycles. The van der Waals surface area contributed by atoms with Gasteiger partial charge in [-0.3, -0.25) is 4.90 Å². The molecule has 3 heteroatoms. The molecule has 0 spiro atoms. The van der Waals surface area contributed by atoms with Crippen LogP contribution in [0.1, 0.15) is 51.7 Å². The van der Waals surface area contributed by atoms with Crippen molar-refractivity contribution in [1.82, 2.24) is 10.2 Å². The predicted molar refractivity (Wildman–Crippen MR) is 94.4 cm³/mol. The Kier molecular flexibility index (Phi) is 5.87. The first-order valence-electron chi connectivity index (χ1n) is 8.09. The molecule has 0 amide bonds. The number of benzene rings is 1. The minimum Gasteiger partial charge on any atom is -0.310 e. The third-order valence-corrected chi connectivity index (χ3v) is 5.17. The molecule has 0 bridgehead atoms. The summed E-state index contributed by atoms with van der Waals surface area (Å²) in [6, 6.07) is 7.32. The molecule has 1 aromatic carbocycles. The van der Waals surface area contributed by atoms with Crippen LogP contribution in [0.25, 0.3) is 0 Å². The van der Waals surface area contributed by atoms with Crippen molar-refractivity contribution in [2.24, 2.45) is 5.41 Å². The maximum Gasteiger partial charge on any atom is 0.0244 e. The summed E-state index contributed by atoms with van der Waals surface area (Å²) in [6.07, 6.45) is 2.61. The minimum absolute atomic E-state index is 0.528. The van der Waals surface area contributed by atoms with E-state index in [1.54, 1.807) is 0 Å². The normalized spacial score (nSPS) is 19.1. The second-order valence-electron chi connectivity index (χ2n) is 7.40. The average Bonchev–Trinajstić information content (AvgIpc) is 2.41. The standard InChI is InChI=1S/C18H29BrN2/c1-14(2)20-12-15-5-6-16(17(19)11-15)13-21-9-7-18(3,4)8-10-21/h5-6,11,14,20H,7-10,12-13H2,1-4H3. The van der Waals surface area contributed by atoms with E-state index >= 15 is 0 Å². The van der Waals surface area contributed by atoms with E-state index in [1.807, 2.05) is 0 Å². The van der Waals surface area contributed by atoms with E-state index in [9.17, 15) is 0 Å². The van der Waals surface area contributed by atoms with Crippen molar-refractivity contribution in [2.45, 2.75) is 59.7 Å². The van der Waals surface area contributed by atoms with Gasteiger partial charge in [-0.2, -0.15) is 0 Å². The largest absolute Gasteiger partial charge is 0.310 e. The first kappa shape index (κ1) is 17.0. The third kappa shape index (κ3) is 5.39. The van der Waals surface area contributed by atoms with E-state index in [4.69, 9.17) is 0 Å². The monoisotopic (exact) mass is 352 g/mol. The van der Waals surface area contributed by atoms with E-state index in [0.717, 1.165) is 13.1 Å². The molecule has 21 heavy (non-hydrogen) atoms. The molecule has 0 radical (unpaired) electrons. The number of piperidine rings is 1. The Hall–Kier alpha value is -0.380. The zero-order valence-electron chi connectivity index (χ0n) is 13.9. The smallest absolute Gasteiger partial charge is 0.0244 e. The van der Waals surface area contributed by atoms with Crippen molar-refractivity contribution in [3.05, 3.63) is 33.8 Å². The Labute approximate surface area is 138 Å². The summed E-state index contributed by atoms with van der Waals surface area (Å²) in [4.78, 5) is 2.58. The molecule has 1 fully saturated rings. The van der Waals surface area contributed by atoms with Gasteiger partial charge in [0.2, 0.25) is 0 Å². The van der Waals surface area contributed by atoms with E-state index in [0.29, 0.717) is 11.5 Å². The number of rotatable bonds is 5. The van der Waals surface area contributed by atoms with E-state index < -0.39 is 0 Å². The van der Waals surface area contributed by atoms with Gasteiger partial charge in [0.1, 0.15) is 0 Å². The quantitative estimate of drug-likeness (QED) is 0.834. The van der Waals surface area contributed by atoms with Crippen LogP contribution >= 0.6 is 15.9 Å². The number of hydrogen-bond donors (Lipinski definition) is 1. The topological polar surface area (TPSA) is 15.3 Å². The van der Waals surface area contributed by atoms with Crippen LogP contribution in [0.5, 0.6) is 0 Å². The highest BCUT2D eigenvalue weighted by molar-refractivity contribution is 9.10. The lowest BCUT2D eigenvalue weighted by atomic mass is 9.82. The summed E-state index contributed by atoms with van der Waals surface area (Å²) in [5.41, 5.74) is 3.28. The summed E-state index contributed by atoms with van der Waals surface area (Å²) >= 11 is 3.75. The van der Waals surface area contributed by atoms with Crippen LogP contribution in [-0.2, 0) is 13.1 Å². The van der Waals surface area contributed by atoms with Gasteiger partial charge < -0.3 is 5.32 Å². The molecule has 0 atom stereocenters. The molecular weight excluding hydrogens is 324 g/mol. The fourth-order valence-electron chi connectivity index (χ4n) is 2.71. The lowest BCUT2D eigenvalue weighted by molar-refractivity contribution is 0.127. The maximum atomic E-state index is 3.75. The highest BCUT2D eigenvalue weighted by Crippen LogP contribution is 2.31. The molecule has 2 nitrogen and oxygen atoms in total.